The van der Waals surface area contributed by atoms with Crippen LogP contribution in [0.4, 0.5) is 5.82 Å². The van der Waals surface area contributed by atoms with Gasteiger partial charge in [0.1, 0.15) is 5.82 Å². The minimum Gasteiger partial charge on any atom is -0.356 e. The van der Waals surface area contributed by atoms with Gasteiger partial charge in [-0.1, -0.05) is 0 Å². The normalized spacial score (nSPS) is 16.3. The lowest BCUT2D eigenvalue weighted by molar-refractivity contribution is 0.0733. The molecule has 3 aromatic rings. The number of carbonyl (C=O) groups is 1. The summed E-state index contributed by atoms with van der Waals surface area (Å²) in [6, 6.07) is 7.52. The Hall–Kier alpha value is -3.35. The fourth-order valence-electron chi connectivity index (χ4n) is 4.23. The highest BCUT2D eigenvalue weighted by Crippen LogP contribution is 2.31. The van der Waals surface area contributed by atoms with E-state index in [-0.39, 0.29) is 5.91 Å². The van der Waals surface area contributed by atoms with E-state index in [1.165, 1.54) is 19.3 Å². The molecular formula is C23H24N6O. The van der Waals surface area contributed by atoms with Crippen molar-refractivity contribution in [1.29, 1.82) is 0 Å². The average molecular weight is 400 g/mol. The number of fused-ring (bicyclic) bond motifs is 1. The van der Waals surface area contributed by atoms with Gasteiger partial charge in [0.15, 0.2) is 5.82 Å². The third-order valence-corrected chi connectivity index (χ3v) is 5.81. The minimum atomic E-state index is 0.00896. The molecule has 7 nitrogen and oxygen atoms in total. The molecule has 3 aromatic heterocycles. The highest BCUT2D eigenvalue weighted by atomic mass is 16.2. The second-order valence-electron chi connectivity index (χ2n) is 7.80. The molecule has 0 unspecified atom stereocenters. The van der Waals surface area contributed by atoms with Gasteiger partial charge in [0.2, 0.25) is 0 Å². The predicted molar refractivity (Wildman–Crippen MR) is 114 cm³/mol. The minimum absolute atomic E-state index is 0.00896. The molecule has 0 N–H and O–H groups in total. The summed E-state index contributed by atoms with van der Waals surface area (Å²) in [4.78, 5) is 35.4. The van der Waals surface area contributed by atoms with Crippen LogP contribution in [0, 0.1) is 0 Å². The Labute approximate surface area is 175 Å². The van der Waals surface area contributed by atoms with Gasteiger partial charge in [0.25, 0.3) is 5.91 Å². The summed E-state index contributed by atoms with van der Waals surface area (Å²) in [5, 5.41) is 0. The smallest absolute Gasteiger partial charge is 0.255 e. The van der Waals surface area contributed by atoms with Crippen molar-refractivity contribution in [3.05, 3.63) is 65.9 Å². The first kappa shape index (κ1) is 18.7. The van der Waals surface area contributed by atoms with E-state index in [1.54, 1.807) is 24.7 Å². The number of piperidine rings is 1. The van der Waals surface area contributed by atoms with E-state index in [4.69, 9.17) is 9.97 Å². The van der Waals surface area contributed by atoms with Crippen LogP contribution >= 0.6 is 0 Å². The first-order valence-corrected chi connectivity index (χ1v) is 10.5. The van der Waals surface area contributed by atoms with E-state index >= 15 is 0 Å². The maximum atomic E-state index is 13.0. The van der Waals surface area contributed by atoms with Gasteiger partial charge in [-0.3, -0.25) is 14.8 Å². The summed E-state index contributed by atoms with van der Waals surface area (Å²) in [5.41, 5.74) is 3.66. The van der Waals surface area contributed by atoms with Crippen LogP contribution in [0.1, 0.15) is 40.9 Å². The molecule has 0 spiro atoms. The van der Waals surface area contributed by atoms with Crippen molar-refractivity contribution >= 4 is 11.7 Å². The van der Waals surface area contributed by atoms with E-state index in [0.717, 1.165) is 48.0 Å². The van der Waals surface area contributed by atoms with E-state index in [2.05, 4.69) is 14.9 Å². The van der Waals surface area contributed by atoms with E-state index in [0.29, 0.717) is 18.7 Å². The van der Waals surface area contributed by atoms with Gasteiger partial charge in [0.05, 0.1) is 17.8 Å². The molecule has 0 saturated carbocycles. The molecule has 5 rings (SSSR count). The number of anilines is 1. The maximum absolute atomic E-state index is 13.0. The molecule has 5 heterocycles. The van der Waals surface area contributed by atoms with Crippen molar-refractivity contribution < 1.29 is 4.79 Å². The molecule has 2 aliphatic rings. The topological polar surface area (TPSA) is 75.1 Å². The number of hydrogen-bond donors (Lipinski definition) is 0. The van der Waals surface area contributed by atoms with Crippen LogP contribution in [0.3, 0.4) is 0 Å². The van der Waals surface area contributed by atoms with Gasteiger partial charge in [0, 0.05) is 62.0 Å². The molecule has 2 aliphatic heterocycles. The molecule has 0 atom stereocenters. The van der Waals surface area contributed by atoms with Gasteiger partial charge >= 0.3 is 0 Å². The molecule has 1 amide bonds. The second-order valence-corrected chi connectivity index (χ2v) is 7.80. The highest BCUT2D eigenvalue weighted by Gasteiger charge is 2.29. The zero-order valence-electron chi connectivity index (χ0n) is 16.9. The first-order valence-electron chi connectivity index (χ1n) is 10.5. The van der Waals surface area contributed by atoms with Crippen LogP contribution in [0.15, 0.2) is 49.1 Å². The molecule has 1 saturated heterocycles. The number of rotatable bonds is 3. The van der Waals surface area contributed by atoms with Crippen LogP contribution in [-0.4, -0.2) is 50.4 Å². The Kier molecular flexibility index (Phi) is 5.09. The van der Waals surface area contributed by atoms with Gasteiger partial charge in [-0.25, -0.2) is 9.97 Å². The van der Waals surface area contributed by atoms with Crippen LogP contribution < -0.4 is 4.90 Å². The molecule has 0 radical (unpaired) electrons. The standard InChI is InChI=1S/C23H24N6O/c30-23(18-7-5-10-25-15-18)29-13-8-20-19(16-29)22(28-11-2-1-3-12-28)27-21(26-20)17-6-4-9-24-14-17/h4-7,9-10,14-15H,1-3,8,11-13,16H2. The third-order valence-electron chi connectivity index (χ3n) is 5.81. The Bertz CT molecular complexity index is 1030. The number of aromatic nitrogens is 4. The molecule has 0 aromatic carbocycles. The Balaban J connectivity index is 1.53. The van der Waals surface area contributed by atoms with Gasteiger partial charge in [-0.05, 0) is 43.5 Å². The van der Waals surface area contributed by atoms with Gasteiger partial charge < -0.3 is 9.80 Å². The van der Waals surface area contributed by atoms with Crippen LogP contribution in [0.5, 0.6) is 0 Å². The molecule has 7 heteroatoms. The Morgan fingerprint density at radius 2 is 1.70 bits per heavy atom. The van der Waals surface area contributed by atoms with Crippen molar-refractivity contribution in [2.75, 3.05) is 24.5 Å². The lowest BCUT2D eigenvalue weighted by Crippen LogP contribution is -2.39. The SMILES string of the molecule is O=C(c1cccnc1)N1CCc2nc(-c3cccnc3)nc(N3CCCCC3)c2C1. The number of pyridine rings is 2. The lowest BCUT2D eigenvalue weighted by atomic mass is 10.0. The summed E-state index contributed by atoms with van der Waals surface area (Å²) in [6.07, 6.45) is 11.2. The summed E-state index contributed by atoms with van der Waals surface area (Å²) in [7, 11) is 0. The van der Waals surface area contributed by atoms with E-state index in [9.17, 15) is 4.79 Å². The predicted octanol–water partition coefficient (Wildman–Crippen LogP) is 3.12. The summed E-state index contributed by atoms with van der Waals surface area (Å²) < 4.78 is 0. The maximum Gasteiger partial charge on any atom is 0.255 e. The summed E-state index contributed by atoms with van der Waals surface area (Å²) in [6.45, 7) is 3.16. The Morgan fingerprint density at radius 3 is 2.43 bits per heavy atom. The fourth-order valence-corrected chi connectivity index (χ4v) is 4.23. The van der Waals surface area contributed by atoms with Crippen molar-refractivity contribution in [2.45, 2.75) is 32.2 Å². The molecule has 30 heavy (non-hydrogen) atoms. The van der Waals surface area contributed by atoms with Crippen LogP contribution in [-0.2, 0) is 13.0 Å². The third kappa shape index (κ3) is 3.63. The zero-order valence-corrected chi connectivity index (χ0v) is 16.9. The number of carbonyl (C=O) groups excluding carboxylic acids is 1. The van der Waals surface area contributed by atoms with Crippen molar-refractivity contribution in [2.24, 2.45) is 0 Å². The van der Waals surface area contributed by atoms with Crippen molar-refractivity contribution in [3.8, 4) is 11.4 Å². The second kappa shape index (κ2) is 8.18. The number of amides is 1. The van der Waals surface area contributed by atoms with Crippen molar-refractivity contribution in [3.63, 3.8) is 0 Å². The van der Waals surface area contributed by atoms with Crippen LogP contribution in [0.25, 0.3) is 11.4 Å². The highest BCUT2D eigenvalue weighted by molar-refractivity contribution is 5.94. The van der Waals surface area contributed by atoms with Gasteiger partial charge in [-0.2, -0.15) is 0 Å². The largest absolute Gasteiger partial charge is 0.356 e. The Morgan fingerprint density at radius 1 is 0.900 bits per heavy atom. The molecular weight excluding hydrogens is 376 g/mol. The molecule has 1 fully saturated rings. The zero-order chi connectivity index (χ0) is 20.3. The molecule has 0 aliphatic carbocycles. The number of hydrogen-bond acceptors (Lipinski definition) is 6. The van der Waals surface area contributed by atoms with E-state index in [1.807, 2.05) is 29.3 Å². The summed E-state index contributed by atoms with van der Waals surface area (Å²) >= 11 is 0. The van der Waals surface area contributed by atoms with Crippen molar-refractivity contribution in [1.82, 2.24) is 24.8 Å². The first-order chi connectivity index (χ1) is 14.8. The molecule has 152 valence electrons. The fraction of sp³-hybridized carbons (Fsp3) is 0.348. The van der Waals surface area contributed by atoms with E-state index < -0.39 is 0 Å². The summed E-state index contributed by atoms with van der Waals surface area (Å²) in [5.74, 6) is 1.70. The number of nitrogens with zero attached hydrogens (tertiary/aromatic N) is 6. The molecule has 0 bridgehead atoms. The monoisotopic (exact) mass is 400 g/mol. The van der Waals surface area contributed by atoms with Gasteiger partial charge in [-0.15, -0.1) is 0 Å². The average Bonchev–Trinajstić information content (AvgIpc) is 2.84. The lowest BCUT2D eigenvalue weighted by Gasteiger charge is -2.34. The quantitative estimate of drug-likeness (QED) is 0.672. The van der Waals surface area contributed by atoms with Crippen LogP contribution in [0.2, 0.25) is 0 Å².